The number of aliphatic hydroxyl groups excluding tert-OH is 1. The fraction of sp³-hybridized carbons (Fsp3) is 0.375. The highest BCUT2D eigenvalue weighted by Gasteiger charge is 2.31. The first kappa shape index (κ1) is 19.7. The minimum absolute atomic E-state index is 0.0253. The van der Waals surface area contributed by atoms with Gasteiger partial charge in [-0.3, -0.25) is 4.68 Å². The summed E-state index contributed by atoms with van der Waals surface area (Å²) >= 11 is 0. The number of nitrogens with zero attached hydrogens (tertiary/aromatic N) is 2. The molecular formula is C16H16F4N2O4. The third-order valence-corrected chi connectivity index (χ3v) is 3.45. The molecule has 0 amide bonds. The third kappa shape index (κ3) is 4.94. The molecule has 1 unspecified atom stereocenters. The number of ether oxygens (including phenoxy) is 2. The van der Waals surface area contributed by atoms with Gasteiger partial charge in [-0.1, -0.05) is 18.2 Å². The molecule has 0 aliphatic carbocycles. The van der Waals surface area contributed by atoms with Crippen LogP contribution in [0.3, 0.4) is 0 Å². The van der Waals surface area contributed by atoms with E-state index in [2.05, 4.69) is 9.84 Å². The first-order chi connectivity index (χ1) is 12.2. The second-order valence-electron chi connectivity index (χ2n) is 5.29. The van der Waals surface area contributed by atoms with Crippen molar-refractivity contribution in [2.24, 2.45) is 0 Å². The SMILES string of the molecule is COC(=O)[C@H](O)C(F)c1ccccc1OCc1ccnn1CC(F)(F)F. The molecule has 0 saturated heterocycles. The zero-order valence-corrected chi connectivity index (χ0v) is 13.6. The van der Waals surface area contributed by atoms with E-state index in [0.717, 1.165) is 11.8 Å². The van der Waals surface area contributed by atoms with E-state index in [1.165, 1.54) is 36.5 Å². The molecule has 26 heavy (non-hydrogen) atoms. The number of benzene rings is 1. The molecule has 0 fully saturated rings. The van der Waals surface area contributed by atoms with Gasteiger partial charge in [0.25, 0.3) is 0 Å². The van der Waals surface area contributed by atoms with Gasteiger partial charge in [-0.05, 0) is 12.1 Å². The summed E-state index contributed by atoms with van der Waals surface area (Å²) in [6, 6.07) is 6.98. The Morgan fingerprint density at radius 2 is 2.00 bits per heavy atom. The highest BCUT2D eigenvalue weighted by atomic mass is 19.4. The lowest BCUT2D eigenvalue weighted by Crippen LogP contribution is -2.27. The Kier molecular flexibility index (Phi) is 6.19. The first-order valence-corrected chi connectivity index (χ1v) is 7.42. The van der Waals surface area contributed by atoms with Gasteiger partial charge < -0.3 is 14.6 Å². The van der Waals surface area contributed by atoms with E-state index in [1.54, 1.807) is 0 Å². The average Bonchev–Trinajstić information content (AvgIpc) is 3.03. The molecule has 2 atom stereocenters. The second kappa shape index (κ2) is 8.17. The number of carbonyl (C=O) groups is 1. The Labute approximate surface area is 145 Å². The maximum absolute atomic E-state index is 14.4. The number of halogens is 4. The fourth-order valence-electron chi connectivity index (χ4n) is 2.20. The van der Waals surface area contributed by atoms with Crippen molar-refractivity contribution < 1.29 is 36.9 Å². The molecule has 1 heterocycles. The number of rotatable bonds is 7. The summed E-state index contributed by atoms with van der Waals surface area (Å²) in [4.78, 5) is 11.3. The van der Waals surface area contributed by atoms with Crippen LogP contribution in [0.15, 0.2) is 36.5 Å². The van der Waals surface area contributed by atoms with E-state index >= 15 is 0 Å². The molecule has 6 nitrogen and oxygen atoms in total. The molecule has 0 spiro atoms. The predicted molar refractivity (Wildman–Crippen MR) is 80.9 cm³/mol. The van der Waals surface area contributed by atoms with Gasteiger partial charge in [-0.25, -0.2) is 9.18 Å². The summed E-state index contributed by atoms with van der Waals surface area (Å²) in [5.41, 5.74) is -0.00617. The molecule has 0 bridgehead atoms. The minimum atomic E-state index is -4.45. The number of esters is 1. The highest BCUT2D eigenvalue weighted by Crippen LogP contribution is 2.31. The Balaban J connectivity index is 2.15. The number of aliphatic hydroxyl groups is 1. The summed E-state index contributed by atoms with van der Waals surface area (Å²) in [7, 11) is 1.00. The second-order valence-corrected chi connectivity index (χ2v) is 5.29. The van der Waals surface area contributed by atoms with Crippen molar-refractivity contribution in [3.05, 3.63) is 47.8 Å². The quantitative estimate of drug-likeness (QED) is 0.594. The van der Waals surface area contributed by atoms with Crippen LogP contribution in [-0.4, -0.2) is 40.2 Å². The molecule has 0 aliphatic rings. The molecule has 0 saturated carbocycles. The molecule has 142 valence electrons. The van der Waals surface area contributed by atoms with Crippen LogP contribution in [0, 0.1) is 0 Å². The van der Waals surface area contributed by atoms with E-state index < -0.39 is 31.0 Å². The molecule has 2 rings (SSSR count). The summed E-state index contributed by atoms with van der Waals surface area (Å²) in [6.45, 7) is -1.60. The van der Waals surface area contributed by atoms with Crippen LogP contribution < -0.4 is 4.74 Å². The van der Waals surface area contributed by atoms with Crippen LogP contribution in [-0.2, 0) is 22.7 Å². The van der Waals surface area contributed by atoms with Crippen molar-refractivity contribution in [1.82, 2.24) is 9.78 Å². The van der Waals surface area contributed by atoms with Gasteiger partial charge in [0.15, 0.2) is 12.3 Å². The number of hydrogen-bond acceptors (Lipinski definition) is 5. The predicted octanol–water partition coefficient (Wildman–Crippen LogP) is 2.57. The van der Waals surface area contributed by atoms with Gasteiger partial charge in [0.1, 0.15) is 18.9 Å². The number of alkyl halides is 4. The molecule has 1 aromatic carbocycles. The number of para-hydroxylation sites is 1. The topological polar surface area (TPSA) is 73.6 Å². The van der Waals surface area contributed by atoms with Crippen molar-refractivity contribution >= 4 is 5.97 Å². The molecule has 0 aliphatic heterocycles. The Bertz CT molecular complexity index is 748. The molecule has 10 heteroatoms. The fourth-order valence-corrected chi connectivity index (χ4v) is 2.20. The summed E-state index contributed by atoms with van der Waals surface area (Å²) in [5.74, 6) is -1.18. The maximum Gasteiger partial charge on any atom is 0.408 e. The molecule has 2 aromatic rings. The van der Waals surface area contributed by atoms with Gasteiger partial charge in [-0.15, -0.1) is 0 Å². The Morgan fingerprint density at radius 3 is 2.65 bits per heavy atom. The smallest absolute Gasteiger partial charge is 0.408 e. The van der Waals surface area contributed by atoms with Crippen LogP contribution in [0.2, 0.25) is 0 Å². The number of hydrogen-bond donors (Lipinski definition) is 1. The lowest BCUT2D eigenvalue weighted by molar-refractivity contribution is -0.154. The molecular weight excluding hydrogens is 360 g/mol. The zero-order chi connectivity index (χ0) is 19.3. The van der Waals surface area contributed by atoms with Crippen LogP contribution in [0.5, 0.6) is 5.75 Å². The number of methoxy groups -OCH3 is 1. The molecule has 0 radical (unpaired) electrons. The average molecular weight is 376 g/mol. The van der Waals surface area contributed by atoms with Crippen LogP contribution in [0.25, 0.3) is 0 Å². The van der Waals surface area contributed by atoms with Gasteiger partial charge >= 0.3 is 12.1 Å². The molecule has 1 N–H and O–H groups in total. The number of carbonyl (C=O) groups excluding carboxylic acids is 1. The summed E-state index contributed by atoms with van der Waals surface area (Å²) in [5, 5.41) is 13.2. The van der Waals surface area contributed by atoms with Gasteiger partial charge in [0, 0.05) is 11.8 Å². The number of aromatic nitrogens is 2. The van der Waals surface area contributed by atoms with Crippen molar-refractivity contribution in [3.63, 3.8) is 0 Å². The van der Waals surface area contributed by atoms with Crippen LogP contribution in [0.1, 0.15) is 17.4 Å². The largest absolute Gasteiger partial charge is 0.487 e. The van der Waals surface area contributed by atoms with E-state index in [9.17, 15) is 27.5 Å². The van der Waals surface area contributed by atoms with Crippen molar-refractivity contribution in [3.8, 4) is 5.75 Å². The maximum atomic E-state index is 14.4. The van der Waals surface area contributed by atoms with E-state index in [4.69, 9.17) is 4.74 Å². The van der Waals surface area contributed by atoms with Crippen molar-refractivity contribution in [1.29, 1.82) is 0 Å². The van der Waals surface area contributed by atoms with Crippen molar-refractivity contribution in [2.75, 3.05) is 7.11 Å². The summed E-state index contributed by atoms with van der Waals surface area (Å²) in [6.07, 6.45) is -7.44. The summed E-state index contributed by atoms with van der Waals surface area (Å²) < 4.78 is 62.3. The monoisotopic (exact) mass is 376 g/mol. The van der Waals surface area contributed by atoms with E-state index in [0.29, 0.717) is 0 Å². The lowest BCUT2D eigenvalue weighted by Gasteiger charge is -2.18. The standard InChI is InChI=1S/C16H16F4N2O4/c1-25-15(24)14(23)13(17)11-4-2-3-5-12(11)26-8-10-6-7-21-22(10)9-16(18,19)20/h2-7,13-14,23H,8-9H2,1H3/t13?,14-/m1/s1. The minimum Gasteiger partial charge on any atom is -0.487 e. The molecule has 1 aromatic heterocycles. The van der Waals surface area contributed by atoms with Gasteiger partial charge in [-0.2, -0.15) is 18.3 Å². The van der Waals surface area contributed by atoms with Gasteiger partial charge in [0.2, 0.25) is 0 Å². The Morgan fingerprint density at radius 1 is 1.31 bits per heavy atom. The zero-order valence-electron chi connectivity index (χ0n) is 13.6. The van der Waals surface area contributed by atoms with Gasteiger partial charge in [0.05, 0.1) is 12.8 Å². The normalized spacial score (nSPS) is 13.9. The lowest BCUT2D eigenvalue weighted by atomic mass is 10.0. The van der Waals surface area contributed by atoms with E-state index in [1.807, 2.05) is 0 Å². The van der Waals surface area contributed by atoms with Crippen LogP contribution in [0.4, 0.5) is 17.6 Å². The first-order valence-electron chi connectivity index (χ1n) is 7.42. The Hall–Kier alpha value is -2.62. The van der Waals surface area contributed by atoms with Crippen LogP contribution >= 0.6 is 0 Å². The van der Waals surface area contributed by atoms with E-state index in [-0.39, 0.29) is 23.6 Å². The third-order valence-electron chi connectivity index (χ3n) is 3.45. The van der Waals surface area contributed by atoms with Crippen molar-refractivity contribution in [2.45, 2.75) is 31.6 Å². The highest BCUT2D eigenvalue weighted by molar-refractivity contribution is 5.75.